The molecule has 2 aromatic carbocycles. The van der Waals surface area contributed by atoms with Crippen LogP contribution in [0.25, 0.3) is 0 Å². The SMILES string of the molecule is CCCCOc1ccccc1NCC(=O)Nc1c(C)cc(C)cc1C. The highest BCUT2D eigenvalue weighted by Crippen LogP contribution is 2.24. The van der Waals surface area contributed by atoms with E-state index < -0.39 is 0 Å². The van der Waals surface area contributed by atoms with E-state index in [1.165, 1.54) is 5.56 Å². The van der Waals surface area contributed by atoms with Gasteiger partial charge in [-0.2, -0.15) is 0 Å². The fourth-order valence-corrected chi connectivity index (χ4v) is 2.80. The molecule has 0 aliphatic heterocycles. The molecule has 0 unspecified atom stereocenters. The van der Waals surface area contributed by atoms with Crippen molar-refractivity contribution < 1.29 is 9.53 Å². The van der Waals surface area contributed by atoms with Crippen LogP contribution in [0.15, 0.2) is 36.4 Å². The number of aryl methyl sites for hydroxylation is 3. The van der Waals surface area contributed by atoms with Crippen molar-refractivity contribution >= 4 is 17.3 Å². The van der Waals surface area contributed by atoms with Crippen molar-refractivity contribution in [3.63, 3.8) is 0 Å². The van der Waals surface area contributed by atoms with Gasteiger partial charge in [-0.05, 0) is 50.5 Å². The van der Waals surface area contributed by atoms with Gasteiger partial charge in [0, 0.05) is 5.69 Å². The first-order valence-electron chi connectivity index (χ1n) is 8.84. The first-order chi connectivity index (χ1) is 12.0. The Balaban J connectivity index is 1.97. The number of nitrogens with one attached hydrogen (secondary N) is 2. The number of rotatable bonds is 8. The van der Waals surface area contributed by atoms with Crippen molar-refractivity contribution in [3.8, 4) is 5.75 Å². The van der Waals surface area contributed by atoms with Crippen molar-refractivity contribution in [3.05, 3.63) is 53.1 Å². The standard InChI is InChI=1S/C21H28N2O2/c1-5-6-11-25-19-10-8-7-9-18(19)22-14-20(24)23-21-16(3)12-15(2)13-17(21)4/h7-10,12-13,22H,5-6,11,14H2,1-4H3,(H,23,24). The molecule has 25 heavy (non-hydrogen) atoms. The van der Waals surface area contributed by atoms with E-state index in [0.717, 1.165) is 41.1 Å². The van der Waals surface area contributed by atoms with Gasteiger partial charge >= 0.3 is 0 Å². The molecule has 0 saturated heterocycles. The van der Waals surface area contributed by atoms with Crippen LogP contribution in [-0.2, 0) is 4.79 Å². The third-order valence-electron chi connectivity index (χ3n) is 4.02. The smallest absolute Gasteiger partial charge is 0.243 e. The Bertz CT molecular complexity index is 703. The number of hydrogen-bond acceptors (Lipinski definition) is 3. The minimum atomic E-state index is -0.0709. The van der Waals surface area contributed by atoms with E-state index in [0.29, 0.717) is 6.61 Å². The Hall–Kier alpha value is -2.49. The van der Waals surface area contributed by atoms with Gasteiger partial charge in [-0.3, -0.25) is 4.79 Å². The molecule has 0 saturated carbocycles. The van der Waals surface area contributed by atoms with Crippen molar-refractivity contribution in [2.24, 2.45) is 0 Å². The molecular weight excluding hydrogens is 312 g/mol. The summed E-state index contributed by atoms with van der Waals surface area (Å²) in [5.74, 6) is 0.713. The number of hydrogen-bond donors (Lipinski definition) is 2. The van der Waals surface area contributed by atoms with Crippen LogP contribution in [0.2, 0.25) is 0 Å². The molecule has 2 aromatic rings. The molecule has 4 heteroatoms. The summed E-state index contributed by atoms with van der Waals surface area (Å²) in [6.07, 6.45) is 2.11. The maximum Gasteiger partial charge on any atom is 0.243 e. The third-order valence-corrected chi connectivity index (χ3v) is 4.02. The van der Waals surface area contributed by atoms with Crippen LogP contribution in [-0.4, -0.2) is 19.1 Å². The third kappa shape index (κ3) is 5.52. The predicted octanol–water partition coefficient (Wildman–Crippen LogP) is 4.84. The van der Waals surface area contributed by atoms with Crippen molar-refractivity contribution in [1.82, 2.24) is 0 Å². The van der Waals surface area contributed by atoms with Gasteiger partial charge in [-0.15, -0.1) is 0 Å². The lowest BCUT2D eigenvalue weighted by Crippen LogP contribution is -2.23. The number of benzene rings is 2. The Morgan fingerprint density at radius 3 is 2.44 bits per heavy atom. The van der Waals surface area contributed by atoms with E-state index in [9.17, 15) is 4.79 Å². The summed E-state index contributed by atoms with van der Waals surface area (Å²) in [6.45, 7) is 9.10. The zero-order valence-electron chi connectivity index (χ0n) is 15.6. The monoisotopic (exact) mass is 340 g/mol. The van der Waals surface area contributed by atoms with E-state index >= 15 is 0 Å². The predicted molar refractivity (Wildman–Crippen MR) is 105 cm³/mol. The first kappa shape index (κ1) is 18.8. The topological polar surface area (TPSA) is 50.4 Å². The molecule has 0 aromatic heterocycles. The second-order valence-corrected chi connectivity index (χ2v) is 6.37. The van der Waals surface area contributed by atoms with Gasteiger partial charge in [0.05, 0.1) is 18.8 Å². The molecule has 2 N–H and O–H groups in total. The summed E-state index contributed by atoms with van der Waals surface area (Å²) >= 11 is 0. The van der Waals surface area contributed by atoms with Crippen LogP contribution in [0, 0.1) is 20.8 Å². The summed E-state index contributed by atoms with van der Waals surface area (Å²) in [6, 6.07) is 11.9. The zero-order valence-corrected chi connectivity index (χ0v) is 15.6. The highest BCUT2D eigenvalue weighted by Gasteiger charge is 2.09. The summed E-state index contributed by atoms with van der Waals surface area (Å²) in [5, 5.41) is 6.18. The molecule has 0 fully saturated rings. The van der Waals surface area contributed by atoms with E-state index in [4.69, 9.17) is 4.74 Å². The van der Waals surface area contributed by atoms with Crippen molar-refractivity contribution in [2.45, 2.75) is 40.5 Å². The molecule has 0 aliphatic carbocycles. The van der Waals surface area contributed by atoms with Crippen LogP contribution in [0.1, 0.15) is 36.5 Å². The van der Waals surface area contributed by atoms with Crippen molar-refractivity contribution in [2.75, 3.05) is 23.8 Å². The van der Waals surface area contributed by atoms with Crippen LogP contribution in [0.5, 0.6) is 5.75 Å². The Kier molecular flexibility index (Phi) is 6.87. The van der Waals surface area contributed by atoms with Gasteiger partial charge in [-0.25, -0.2) is 0 Å². The minimum Gasteiger partial charge on any atom is -0.491 e. The largest absolute Gasteiger partial charge is 0.491 e. The Morgan fingerprint density at radius 1 is 1.08 bits per heavy atom. The molecule has 0 heterocycles. The average molecular weight is 340 g/mol. The highest BCUT2D eigenvalue weighted by atomic mass is 16.5. The van der Waals surface area contributed by atoms with Gasteiger partial charge < -0.3 is 15.4 Å². The maximum atomic E-state index is 12.3. The van der Waals surface area contributed by atoms with E-state index in [2.05, 4.69) is 36.6 Å². The van der Waals surface area contributed by atoms with Crippen LogP contribution < -0.4 is 15.4 Å². The highest BCUT2D eigenvalue weighted by molar-refractivity contribution is 5.95. The number of amides is 1. The van der Waals surface area contributed by atoms with Gasteiger partial charge in [0.15, 0.2) is 0 Å². The first-order valence-corrected chi connectivity index (χ1v) is 8.84. The van der Waals surface area contributed by atoms with Crippen molar-refractivity contribution in [1.29, 1.82) is 0 Å². The van der Waals surface area contributed by atoms with Crippen LogP contribution in [0.3, 0.4) is 0 Å². The number of unbranched alkanes of at least 4 members (excludes halogenated alkanes) is 1. The molecule has 1 amide bonds. The second-order valence-electron chi connectivity index (χ2n) is 6.37. The quantitative estimate of drug-likeness (QED) is 0.676. The maximum absolute atomic E-state index is 12.3. The zero-order chi connectivity index (χ0) is 18.2. The van der Waals surface area contributed by atoms with Gasteiger partial charge in [-0.1, -0.05) is 43.2 Å². The summed E-state index contributed by atoms with van der Waals surface area (Å²) < 4.78 is 5.79. The summed E-state index contributed by atoms with van der Waals surface area (Å²) in [5.41, 5.74) is 5.09. The normalized spacial score (nSPS) is 10.4. The number of carbonyl (C=O) groups excluding carboxylic acids is 1. The lowest BCUT2D eigenvalue weighted by atomic mass is 10.1. The fourth-order valence-electron chi connectivity index (χ4n) is 2.80. The molecule has 0 bridgehead atoms. The molecule has 0 spiro atoms. The van der Waals surface area contributed by atoms with Crippen LogP contribution in [0.4, 0.5) is 11.4 Å². The number of ether oxygens (including phenoxy) is 1. The van der Waals surface area contributed by atoms with Crippen LogP contribution >= 0.6 is 0 Å². The Labute approximate surface area is 150 Å². The Morgan fingerprint density at radius 2 is 1.76 bits per heavy atom. The average Bonchev–Trinajstić information content (AvgIpc) is 2.57. The lowest BCUT2D eigenvalue weighted by Gasteiger charge is -2.15. The number of anilines is 2. The van der Waals surface area contributed by atoms with Gasteiger partial charge in [0.2, 0.25) is 5.91 Å². The van der Waals surface area contributed by atoms with Gasteiger partial charge in [0.25, 0.3) is 0 Å². The number of carbonyl (C=O) groups is 1. The molecule has 0 aliphatic rings. The minimum absolute atomic E-state index is 0.0709. The molecule has 0 radical (unpaired) electrons. The van der Waals surface area contributed by atoms with E-state index in [1.54, 1.807) is 0 Å². The number of para-hydroxylation sites is 2. The molecular formula is C21H28N2O2. The molecule has 2 rings (SSSR count). The van der Waals surface area contributed by atoms with E-state index in [1.807, 2.05) is 38.1 Å². The second kappa shape index (κ2) is 9.11. The van der Waals surface area contributed by atoms with Gasteiger partial charge in [0.1, 0.15) is 5.75 Å². The fraction of sp³-hybridized carbons (Fsp3) is 0.381. The molecule has 134 valence electrons. The van der Waals surface area contributed by atoms with E-state index in [-0.39, 0.29) is 12.5 Å². The molecule has 4 nitrogen and oxygen atoms in total. The summed E-state index contributed by atoms with van der Waals surface area (Å²) in [4.78, 5) is 12.3. The lowest BCUT2D eigenvalue weighted by molar-refractivity contribution is -0.114. The molecule has 0 atom stereocenters. The summed E-state index contributed by atoms with van der Waals surface area (Å²) in [7, 11) is 0.